The number of rotatable bonds is 6. The van der Waals surface area contributed by atoms with Crippen LogP contribution in [0.25, 0.3) is 0 Å². The van der Waals surface area contributed by atoms with Gasteiger partial charge < -0.3 is 14.8 Å². The van der Waals surface area contributed by atoms with Gasteiger partial charge in [0.15, 0.2) is 21.3 Å². The van der Waals surface area contributed by atoms with Gasteiger partial charge in [0.25, 0.3) is 5.91 Å². The second kappa shape index (κ2) is 7.78. The van der Waals surface area contributed by atoms with Crippen molar-refractivity contribution < 1.29 is 22.7 Å². The molecule has 0 fully saturated rings. The fourth-order valence-electron chi connectivity index (χ4n) is 2.56. The molecule has 0 aliphatic carbocycles. The lowest BCUT2D eigenvalue weighted by Crippen LogP contribution is -2.27. The lowest BCUT2D eigenvalue weighted by Gasteiger charge is -2.17. The molecular formula is C19H23NO5S. The Kier molecular flexibility index (Phi) is 5.92. The molecule has 1 atom stereocenters. The lowest BCUT2D eigenvalue weighted by atomic mass is 10.1. The summed E-state index contributed by atoms with van der Waals surface area (Å²) in [4.78, 5) is 12.8. The summed E-state index contributed by atoms with van der Waals surface area (Å²) in [6, 6.07) is 9.64. The van der Waals surface area contributed by atoms with E-state index in [4.69, 9.17) is 9.47 Å². The molecule has 2 aromatic rings. The number of carbonyl (C=O) groups is 1. The highest BCUT2D eigenvalue weighted by molar-refractivity contribution is 7.90. The number of methoxy groups -OCH3 is 2. The number of aryl methyl sites for hydroxylation is 1. The molecule has 0 aliphatic rings. The van der Waals surface area contributed by atoms with E-state index in [9.17, 15) is 13.2 Å². The van der Waals surface area contributed by atoms with Crippen LogP contribution in [0, 0.1) is 6.92 Å². The van der Waals surface area contributed by atoms with Crippen LogP contribution in [0.3, 0.4) is 0 Å². The molecule has 26 heavy (non-hydrogen) atoms. The van der Waals surface area contributed by atoms with Crippen LogP contribution in [0.2, 0.25) is 0 Å². The predicted molar refractivity (Wildman–Crippen MR) is 99.7 cm³/mol. The van der Waals surface area contributed by atoms with Gasteiger partial charge in [-0.25, -0.2) is 8.42 Å². The van der Waals surface area contributed by atoms with Crippen molar-refractivity contribution in [1.29, 1.82) is 0 Å². The maximum atomic E-state index is 12.6. The first-order valence-electron chi connectivity index (χ1n) is 8.01. The summed E-state index contributed by atoms with van der Waals surface area (Å²) in [7, 11) is -0.281. The smallest absolute Gasteiger partial charge is 0.252 e. The zero-order valence-corrected chi connectivity index (χ0v) is 16.3. The highest BCUT2D eigenvalue weighted by atomic mass is 32.2. The summed E-state index contributed by atoms with van der Waals surface area (Å²) in [5.74, 6) is 0.836. The van der Waals surface area contributed by atoms with Crippen molar-refractivity contribution in [3.63, 3.8) is 0 Å². The highest BCUT2D eigenvalue weighted by Gasteiger charge is 2.17. The third-order valence-corrected chi connectivity index (χ3v) is 5.25. The zero-order chi connectivity index (χ0) is 19.5. The van der Waals surface area contributed by atoms with Crippen LogP contribution in [-0.2, 0) is 9.84 Å². The quantitative estimate of drug-likeness (QED) is 0.837. The average molecular weight is 377 g/mol. The molecule has 0 heterocycles. The first-order chi connectivity index (χ1) is 12.2. The van der Waals surface area contributed by atoms with E-state index in [0.29, 0.717) is 22.6 Å². The van der Waals surface area contributed by atoms with Crippen LogP contribution in [0.15, 0.2) is 41.3 Å². The molecule has 1 unspecified atom stereocenters. The van der Waals surface area contributed by atoms with Gasteiger partial charge in [0, 0.05) is 11.8 Å². The number of sulfone groups is 1. The molecule has 0 aromatic heterocycles. The van der Waals surface area contributed by atoms with Crippen molar-refractivity contribution in [3.05, 3.63) is 53.1 Å². The van der Waals surface area contributed by atoms with Crippen LogP contribution in [0.5, 0.6) is 11.5 Å². The van der Waals surface area contributed by atoms with Crippen LogP contribution in [0.4, 0.5) is 0 Å². The number of ether oxygens (including phenoxy) is 2. The Morgan fingerprint density at radius 2 is 1.69 bits per heavy atom. The minimum atomic E-state index is -3.38. The van der Waals surface area contributed by atoms with Crippen LogP contribution >= 0.6 is 0 Å². The number of benzene rings is 2. The van der Waals surface area contributed by atoms with E-state index in [2.05, 4.69) is 5.32 Å². The van der Waals surface area contributed by atoms with Gasteiger partial charge in [0.1, 0.15) is 0 Å². The standard InChI is InChI=1S/C19H23NO5S/c1-12-6-8-15(26(5,22)23)11-16(12)19(21)20-13(2)14-7-9-17(24-3)18(10-14)25-4/h6-11,13H,1-5H3,(H,20,21). The summed E-state index contributed by atoms with van der Waals surface area (Å²) in [5, 5.41) is 2.89. The van der Waals surface area contributed by atoms with Gasteiger partial charge >= 0.3 is 0 Å². The van der Waals surface area contributed by atoms with E-state index >= 15 is 0 Å². The molecule has 7 heteroatoms. The normalized spacial score (nSPS) is 12.3. The zero-order valence-electron chi connectivity index (χ0n) is 15.5. The Morgan fingerprint density at radius 1 is 1.04 bits per heavy atom. The summed E-state index contributed by atoms with van der Waals surface area (Å²) in [6.45, 7) is 3.61. The first kappa shape index (κ1) is 19.8. The van der Waals surface area contributed by atoms with Crippen molar-refractivity contribution in [2.45, 2.75) is 24.8 Å². The first-order valence-corrected chi connectivity index (χ1v) is 9.90. The third-order valence-electron chi connectivity index (χ3n) is 4.14. The molecule has 0 saturated heterocycles. The monoisotopic (exact) mass is 377 g/mol. The van der Waals surface area contributed by atoms with Crippen molar-refractivity contribution in [1.82, 2.24) is 5.32 Å². The maximum absolute atomic E-state index is 12.6. The number of nitrogens with one attached hydrogen (secondary N) is 1. The average Bonchev–Trinajstić information content (AvgIpc) is 2.60. The molecule has 0 aliphatic heterocycles. The van der Waals surface area contributed by atoms with E-state index in [-0.39, 0.29) is 16.8 Å². The van der Waals surface area contributed by atoms with Crippen molar-refractivity contribution in [2.24, 2.45) is 0 Å². The molecule has 0 spiro atoms. The maximum Gasteiger partial charge on any atom is 0.252 e. The van der Waals surface area contributed by atoms with Gasteiger partial charge in [-0.05, 0) is 49.2 Å². The minimum absolute atomic E-state index is 0.118. The topological polar surface area (TPSA) is 81.7 Å². The Hall–Kier alpha value is -2.54. The minimum Gasteiger partial charge on any atom is -0.493 e. The van der Waals surface area contributed by atoms with Crippen LogP contribution in [0.1, 0.15) is 34.5 Å². The fourth-order valence-corrected chi connectivity index (χ4v) is 3.20. The van der Waals surface area contributed by atoms with Gasteiger partial charge in [-0.15, -0.1) is 0 Å². The molecule has 1 amide bonds. The van der Waals surface area contributed by atoms with Gasteiger partial charge in [-0.1, -0.05) is 12.1 Å². The molecule has 0 radical (unpaired) electrons. The van der Waals surface area contributed by atoms with Crippen LogP contribution < -0.4 is 14.8 Å². The Balaban J connectivity index is 2.27. The predicted octanol–water partition coefficient (Wildman–Crippen LogP) is 2.91. The second-order valence-electron chi connectivity index (χ2n) is 6.06. The second-order valence-corrected chi connectivity index (χ2v) is 8.07. The summed E-state index contributed by atoms with van der Waals surface area (Å²) < 4.78 is 34.0. The number of hydrogen-bond donors (Lipinski definition) is 1. The van der Waals surface area contributed by atoms with E-state index in [1.54, 1.807) is 39.3 Å². The molecule has 140 valence electrons. The Labute approximate surface area is 154 Å². The van der Waals surface area contributed by atoms with Crippen molar-refractivity contribution >= 4 is 15.7 Å². The molecule has 1 N–H and O–H groups in total. The van der Waals surface area contributed by atoms with E-state index in [0.717, 1.165) is 11.8 Å². The third kappa shape index (κ3) is 4.35. The van der Waals surface area contributed by atoms with Crippen molar-refractivity contribution in [2.75, 3.05) is 20.5 Å². The number of hydrogen-bond acceptors (Lipinski definition) is 5. The molecule has 0 saturated carbocycles. The molecule has 2 aromatic carbocycles. The molecular weight excluding hydrogens is 354 g/mol. The lowest BCUT2D eigenvalue weighted by molar-refractivity contribution is 0.0939. The Bertz CT molecular complexity index is 922. The van der Waals surface area contributed by atoms with Gasteiger partial charge in [0.05, 0.1) is 25.2 Å². The number of amides is 1. The molecule has 6 nitrogen and oxygen atoms in total. The van der Waals surface area contributed by atoms with Crippen molar-refractivity contribution in [3.8, 4) is 11.5 Å². The van der Waals surface area contributed by atoms with Gasteiger partial charge in [-0.2, -0.15) is 0 Å². The molecule has 0 bridgehead atoms. The van der Waals surface area contributed by atoms with E-state index in [1.807, 2.05) is 13.0 Å². The van der Waals surface area contributed by atoms with E-state index < -0.39 is 9.84 Å². The SMILES string of the molecule is COc1ccc(C(C)NC(=O)c2cc(S(C)(=O)=O)ccc2C)cc1OC. The highest BCUT2D eigenvalue weighted by Crippen LogP contribution is 2.30. The largest absolute Gasteiger partial charge is 0.493 e. The fraction of sp³-hybridized carbons (Fsp3) is 0.316. The van der Waals surface area contributed by atoms with Crippen LogP contribution in [-0.4, -0.2) is 34.8 Å². The van der Waals surface area contributed by atoms with Gasteiger partial charge in [-0.3, -0.25) is 4.79 Å². The van der Waals surface area contributed by atoms with E-state index in [1.165, 1.54) is 12.1 Å². The Morgan fingerprint density at radius 3 is 2.27 bits per heavy atom. The summed E-state index contributed by atoms with van der Waals surface area (Å²) in [5.41, 5.74) is 1.88. The molecule has 2 rings (SSSR count). The summed E-state index contributed by atoms with van der Waals surface area (Å²) >= 11 is 0. The summed E-state index contributed by atoms with van der Waals surface area (Å²) in [6.07, 6.45) is 1.12. The van der Waals surface area contributed by atoms with Gasteiger partial charge in [0.2, 0.25) is 0 Å². The number of carbonyl (C=O) groups excluding carboxylic acids is 1.